The average molecular weight is 400 g/mol. The maximum atomic E-state index is 4.90. The minimum Gasteiger partial charge on any atom is -0.357 e. The molecule has 1 saturated heterocycles. The molecule has 0 amide bonds. The Bertz CT molecular complexity index is 719. The Morgan fingerprint density at radius 2 is 2.07 bits per heavy atom. The Morgan fingerprint density at radius 3 is 2.71 bits per heavy atom. The molecule has 0 radical (unpaired) electrons. The topological polar surface area (TPSA) is 52.6 Å². The molecule has 3 heterocycles. The maximum absolute atomic E-state index is 4.90. The second-order valence-corrected chi connectivity index (χ2v) is 9.02. The first kappa shape index (κ1) is 20.8. The number of aliphatic imine (C=N–C) groups is 1. The molecule has 1 aliphatic rings. The number of piperidine rings is 1. The molecular formula is C22H33N5S. The van der Waals surface area contributed by atoms with Crippen LogP contribution >= 0.6 is 11.3 Å². The third kappa shape index (κ3) is 6.04. The number of likely N-dealkylation sites (tertiary alicyclic amines) is 1. The van der Waals surface area contributed by atoms with Crippen LogP contribution in [0.2, 0.25) is 0 Å². The quantitative estimate of drug-likeness (QED) is 0.551. The molecular weight excluding hydrogens is 366 g/mol. The molecule has 0 spiro atoms. The molecule has 0 atom stereocenters. The van der Waals surface area contributed by atoms with Crippen LogP contribution in [0, 0.1) is 0 Å². The standard InChI is InChI=1S/C22H33N5S/c1-4-23-21(25-17-22(2,3)20-9-7-15-28-20)26-18-10-13-27(14-11-18)16-19-8-5-6-12-24-19/h5-9,12,15,18H,4,10-11,13-14,16-17H2,1-3H3,(H2,23,25,26). The van der Waals surface area contributed by atoms with Crippen LogP contribution in [0.25, 0.3) is 0 Å². The molecule has 5 nitrogen and oxygen atoms in total. The van der Waals surface area contributed by atoms with Gasteiger partial charge in [0.15, 0.2) is 5.96 Å². The highest BCUT2D eigenvalue weighted by atomic mass is 32.1. The predicted octanol–water partition coefficient (Wildman–Crippen LogP) is 3.64. The zero-order valence-electron chi connectivity index (χ0n) is 17.3. The zero-order chi connectivity index (χ0) is 19.8. The van der Waals surface area contributed by atoms with Gasteiger partial charge in [-0.3, -0.25) is 14.9 Å². The molecule has 0 bridgehead atoms. The largest absolute Gasteiger partial charge is 0.357 e. The van der Waals surface area contributed by atoms with Crippen molar-refractivity contribution in [3.63, 3.8) is 0 Å². The Labute approximate surface area is 173 Å². The van der Waals surface area contributed by atoms with E-state index in [1.165, 1.54) is 4.88 Å². The summed E-state index contributed by atoms with van der Waals surface area (Å²) in [6.45, 7) is 11.4. The van der Waals surface area contributed by atoms with E-state index in [0.717, 1.165) is 57.2 Å². The summed E-state index contributed by atoms with van der Waals surface area (Å²) in [5.74, 6) is 0.940. The van der Waals surface area contributed by atoms with E-state index >= 15 is 0 Å². The van der Waals surface area contributed by atoms with Crippen molar-refractivity contribution in [1.29, 1.82) is 0 Å². The lowest BCUT2D eigenvalue weighted by molar-refractivity contribution is 0.196. The van der Waals surface area contributed by atoms with Crippen molar-refractivity contribution in [2.45, 2.75) is 51.6 Å². The summed E-state index contributed by atoms with van der Waals surface area (Å²) in [6, 6.07) is 10.9. The van der Waals surface area contributed by atoms with Gasteiger partial charge in [0.2, 0.25) is 0 Å². The van der Waals surface area contributed by atoms with Gasteiger partial charge in [0, 0.05) is 48.7 Å². The normalized spacial score (nSPS) is 16.9. The molecule has 0 aromatic carbocycles. The van der Waals surface area contributed by atoms with E-state index in [-0.39, 0.29) is 5.41 Å². The van der Waals surface area contributed by atoms with E-state index < -0.39 is 0 Å². The molecule has 0 saturated carbocycles. The van der Waals surface area contributed by atoms with Crippen molar-refractivity contribution in [2.75, 3.05) is 26.2 Å². The van der Waals surface area contributed by atoms with Gasteiger partial charge >= 0.3 is 0 Å². The SMILES string of the molecule is CCNC(=NCC(C)(C)c1cccs1)NC1CCN(Cc2ccccn2)CC1. The summed E-state index contributed by atoms with van der Waals surface area (Å²) in [4.78, 5) is 13.2. The summed E-state index contributed by atoms with van der Waals surface area (Å²) in [5, 5.41) is 9.22. The maximum Gasteiger partial charge on any atom is 0.191 e. The Hall–Kier alpha value is -1.92. The van der Waals surface area contributed by atoms with Gasteiger partial charge in [-0.25, -0.2) is 0 Å². The highest BCUT2D eigenvalue weighted by molar-refractivity contribution is 7.10. The summed E-state index contributed by atoms with van der Waals surface area (Å²) < 4.78 is 0. The number of guanidine groups is 1. The first-order chi connectivity index (χ1) is 13.6. The van der Waals surface area contributed by atoms with Crippen LogP contribution in [0.15, 0.2) is 46.9 Å². The van der Waals surface area contributed by atoms with E-state index in [1.54, 1.807) is 0 Å². The van der Waals surface area contributed by atoms with E-state index in [2.05, 4.69) is 70.9 Å². The molecule has 1 fully saturated rings. The zero-order valence-corrected chi connectivity index (χ0v) is 18.1. The van der Waals surface area contributed by atoms with Gasteiger partial charge in [-0.05, 0) is 43.3 Å². The molecule has 28 heavy (non-hydrogen) atoms. The van der Waals surface area contributed by atoms with Crippen LogP contribution in [0.5, 0.6) is 0 Å². The van der Waals surface area contributed by atoms with Crippen LogP contribution in [0.1, 0.15) is 44.2 Å². The van der Waals surface area contributed by atoms with Crippen molar-refractivity contribution < 1.29 is 0 Å². The Balaban J connectivity index is 1.50. The predicted molar refractivity (Wildman–Crippen MR) is 119 cm³/mol. The molecule has 2 aromatic rings. The third-order valence-electron chi connectivity index (χ3n) is 5.21. The second kappa shape index (κ2) is 10.0. The third-order valence-corrected chi connectivity index (χ3v) is 6.44. The van der Waals surface area contributed by atoms with Gasteiger partial charge in [0.1, 0.15) is 0 Å². The highest BCUT2D eigenvalue weighted by Crippen LogP contribution is 2.27. The minimum absolute atomic E-state index is 0.0581. The van der Waals surface area contributed by atoms with Gasteiger partial charge in [0.05, 0.1) is 12.2 Å². The van der Waals surface area contributed by atoms with Crippen LogP contribution in [-0.2, 0) is 12.0 Å². The first-order valence-electron chi connectivity index (χ1n) is 10.3. The number of nitrogens with zero attached hydrogens (tertiary/aromatic N) is 3. The summed E-state index contributed by atoms with van der Waals surface area (Å²) >= 11 is 1.81. The lowest BCUT2D eigenvalue weighted by atomic mass is 9.92. The lowest BCUT2D eigenvalue weighted by Gasteiger charge is -2.33. The van der Waals surface area contributed by atoms with Gasteiger partial charge < -0.3 is 10.6 Å². The number of thiophene rings is 1. The van der Waals surface area contributed by atoms with Crippen molar-refractivity contribution >= 4 is 17.3 Å². The molecule has 2 N–H and O–H groups in total. The fourth-order valence-corrected chi connectivity index (χ4v) is 4.33. The summed E-state index contributed by atoms with van der Waals surface area (Å²) in [7, 11) is 0. The van der Waals surface area contributed by atoms with Crippen LogP contribution in [0.4, 0.5) is 0 Å². The number of rotatable bonds is 7. The smallest absolute Gasteiger partial charge is 0.191 e. The van der Waals surface area contributed by atoms with Crippen molar-refractivity contribution in [1.82, 2.24) is 20.5 Å². The molecule has 1 aliphatic heterocycles. The van der Waals surface area contributed by atoms with E-state index in [9.17, 15) is 0 Å². The summed E-state index contributed by atoms with van der Waals surface area (Å²) in [5.41, 5.74) is 1.21. The average Bonchev–Trinajstić information content (AvgIpc) is 3.25. The number of hydrogen-bond donors (Lipinski definition) is 2. The van der Waals surface area contributed by atoms with Crippen molar-refractivity contribution in [3.8, 4) is 0 Å². The fourth-order valence-electron chi connectivity index (χ4n) is 3.49. The lowest BCUT2D eigenvalue weighted by Crippen LogP contribution is -2.48. The number of aromatic nitrogens is 1. The first-order valence-corrected chi connectivity index (χ1v) is 11.2. The second-order valence-electron chi connectivity index (χ2n) is 8.07. The van der Waals surface area contributed by atoms with Gasteiger partial charge in [0.25, 0.3) is 0 Å². The van der Waals surface area contributed by atoms with Crippen molar-refractivity contribution in [2.24, 2.45) is 4.99 Å². The summed E-state index contributed by atoms with van der Waals surface area (Å²) in [6.07, 6.45) is 4.14. The molecule has 2 aromatic heterocycles. The molecule has 0 unspecified atom stereocenters. The van der Waals surface area contributed by atoms with E-state index in [0.29, 0.717) is 6.04 Å². The molecule has 0 aliphatic carbocycles. The van der Waals surface area contributed by atoms with Crippen LogP contribution in [0.3, 0.4) is 0 Å². The Kier molecular flexibility index (Phi) is 7.45. The van der Waals surface area contributed by atoms with E-state index in [1.807, 2.05) is 23.6 Å². The molecule has 3 rings (SSSR count). The molecule has 6 heteroatoms. The molecule has 152 valence electrons. The highest BCUT2D eigenvalue weighted by Gasteiger charge is 2.23. The van der Waals surface area contributed by atoms with Gasteiger partial charge in [-0.15, -0.1) is 11.3 Å². The number of hydrogen-bond acceptors (Lipinski definition) is 4. The minimum atomic E-state index is 0.0581. The van der Waals surface area contributed by atoms with Gasteiger partial charge in [-0.1, -0.05) is 26.0 Å². The van der Waals surface area contributed by atoms with Crippen molar-refractivity contribution in [3.05, 3.63) is 52.5 Å². The number of pyridine rings is 1. The van der Waals surface area contributed by atoms with Crippen LogP contribution in [-0.4, -0.2) is 48.1 Å². The Morgan fingerprint density at radius 1 is 1.25 bits per heavy atom. The van der Waals surface area contributed by atoms with Crippen LogP contribution < -0.4 is 10.6 Å². The van der Waals surface area contributed by atoms with Gasteiger partial charge in [-0.2, -0.15) is 0 Å². The fraction of sp³-hybridized carbons (Fsp3) is 0.545. The number of nitrogens with one attached hydrogen (secondary N) is 2. The monoisotopic (exact) mass is 399 g/mol. The van der Waals surface area contributed by atoms with E-state index in [4.69, 9.17) is 4.99 Å².